The first-order valence-corrected chi connectivity index (χ1v) is 8.27. The Balaban J connectivity index is 0.00000192. The number of ketones is 1. The van der Waals surface area contributed by atoms with Crippen LogP contribution in [-0.4, -0.2) is 41.8 Å². The minimum absolute atomic E-state index is 0. The summed E-state index contributed by atoms with van der Waals surface area (Å²) in [5.74, 6) is 0.213. The highest BCUT2D eigenvalue weighted by atomic mass is 35.5. The first-order chi connectivity index (χ1) is 10.6. The number of rotatable bonds is 4. The standard InChI is InChI=1S/C18H24N2O2.ClH/c1-13-2-4-14(5-3-13)17(21)8-9-18(22)20-15-6-7-16(20)12-19-11-10-15;/h2-5,15-16,19H,6-12H2,1H3;1H. The van der Waals surface area contributed by atoms with E-state index in [2.05, 4.69) is 10.2 Å². The lowest BCUT2D eigenvalue weighted by atomic mass is 10.0. The van der Waals surface area contributed by atoms with E-state index >= 15 is 0 Å². The van der Waals surface area contributed by atoms with E-state index in [1.807, 2.05) is 31.2 Å². The Morgan fingerprint density at radius 1 is 1.09 bits per heavy atom. The maximum atomic E-state index is 12.5. The molecule has 5 heteroatoms. The lowest BCUT2D eigenvalue weighted by molar-refractivity contribution is -0.133. The molecule has 1 aromatic carbocycles. The highest BCUT2D eigenvalue weighted by Crippen LogP contribution is 2.28. The SMILES string of the molecule is Cc1ccc(C(=O)CCC(=O)N2C3CCNCC2CC3)cc1.Cl. The average Bonchev–Trinajstić information content (AvgIpc) is 2.78. The average molecular weight is 337 g/mol. The first-order valence-electron chi connectivity index (χ1n) is 8.27. The molecule has 2 saturated heterocycles. The molecule has 2 bridgehead atoms. The topological polar surface area (TPSA) is 49.4 Å². The van der Waals surface area contributed by atoms with Gasteiger partial charge in [0.05, 0.1) is 0 Å². The number of carbonyl (C=O) groups is 2. The van der Waals surface area contributed by atoms with Crippen LogP contribution in [-0.2, 0) is 4.79 Å². The van der Waals surface area contributed by atoms with Crippen LogP contribution in [0.1, 0.15) is 48.0 Å². The summed E-state index contributed by atoms with van der Waals surface area (Å²) < 4.78 is 0. The van der Waals surface area contributed by atoms with Gasteiger partial charge in [0.25, 0.3) is 0 Å². The predicted molar refractivity (Wildman–Crippen MR) is 93.1 cm³/mol. The van der Waals surface area contributed by atoms with Gasteiger partial charge < -0.3 is 10.2 Å². The van der Waals surface area contributed by atoms with Crippen LogP contribution >= 0.6 is 12.4 Å². The molecule has 3 rings (SSSR count). The monoisotopic (exact) mass is 336 g/mol. The molecule has 1 N–H and O–H groups in total. The highest BCUT2D eigenvalue weighted by Gasteiger charge is 2.37. The summed E-state index contributed by atoms with van der Waals surface area (Å²) in [6.45, 7) is 3.89. The van der Waals surface area contributed by atoms with E-state index in [-0.39, 0.29) is 24.1 Å². The van der Waals surface area contributed by atoms with Gasteiger partial charge in [-0.05, 0) is 32.7 Å². The summed E-state index contributed by atoms with van der Waals surface area (Å²) in [4.78, 5) is 26.8. The molecule has 0 radical (unpaired) electrons. The normalized spacial score (nSPS) is 23.1. The summed E-state index contributed by atoms with van der Waals surface area (Å²) >= 11 is 0. The van der Waals surface area contributed by atoms with Gasteiger partial charge >= 0.3 is 0 Å². The molecule has 4 nitrogen and oxygen atoms in total. The van der Waals surface area contributed by atoms with Gasteiger partial charge in [-0.15, -0.1) is 12.4 Å². The van der Waals surface area contributed by atoms with Gasteiger partial charge in [0, 0.05) is 37.0 Å². The van der Waals surface area contributed by atoms with Crippen LogP contribution in [0.3, 0.4) is 0 Å². The van der Waals surface area contributed by atoms with Crippen molar-refractivity contribution in [3.05, 3.63) is 35.4 Å². The van der Waals surface area contributed by atoms with E-state index in [0.717, 1.165) is 37.9 Å². The molecule has 0 aromatic heterocycles. The van der Waals surface area contributed by atoms with E-state index < -0.39 is 0 Å². The second-order valence-corrected chi connectivity index (χ2v) is 6.47. The van der Waals surface area contributed by atoms with Crippen LogP contribution in [0.2, 0.25) is 0 Å². The number of nitrogens with one attached hydrogen (secondary N) is 1. The van der Waals surface area contributed by atoms with Crippen molar-refractivity contribution in [3.63, 3.8) is 0 Å². The molecule has 2 fully saturated rings. The minimum atomic E-state index is 0. The third kappa shape index (κ3) is 4.12. The lowest BCUT2D eigenvalue weighted by Gasteiger charge is -2.27. The van der Waals surface area contributed by atoms with E-state index in [1.165, 1.54) is 0 Å². The third-order valence-corrected chi connectivity index (χ3v) is 4.88. The maximum Gasteiger partial charge on any atom is 0.223 e. The van der Waals surface area contributed by atoms with Crippen molar-refractivity contribution in [3.8, 4) is 0 Å². The molecule has 0 aliphatic carbocycles. The number of amides is 1. The van der Waals surface area contributed by atoms with Crippen molar-refractivity contribution in [2.24, 2.45) is 0 Å². The van der Waals surface area contributed by atoms with Crippen LogP contribution in [0.15, 0.2) is 24.3 Å². The van der Waals surface area contributed by atoms with Crippen LogP contribution < -0.4 is 5.32 Å². The number of Topliss-reactive ketones (excluding diaryl/α,β-unsaturated/α-hetero) is 1. The van der Waals surface area contributed by atoms with Crippen molar-refractivity contribution in [1.82, 2.24) is 10.2 Å². The number of nitrogens with zero attached hydrogens (tertiary/aromatic N) is 1. The number of fused-ring (bicyclic) bond motifs is 2. The lowest BCUT2D eigenvalue weighted by Crippen LogP contribution is -2.42. The zero-order chi connectivity index (χ0) is 15.5. The summed E-state index contributed by atoms with van der Waals surface area (Å²) in [7, 11) is 0. The minimum Gasteiger partial charge on any atom is -0.335 e. The Kier molecular flexibility index (Phi) is 6.19. The van der Waals surface area contributed by atoms with E-state index in [1.54, 1.807) is 0 Å². The van der Waals surface area contributed by atoms with E-state index in [0.29, 0.717) is 30.5 Å². The van der Waals surface area contributed by atoms with Crippen molar-refractivity contribution in [1.29, 1.82) is 0 Å². The molecule has 2 aliphatic rings. The van der Waals surface area contributed by atoms with Gasteiger partial charge in [-0.25, -0.2) is 0 Å². The summed E-state index contributed by atoms with van der Waals surface area (Å²) in [6, 6.07) is 8.28. The van der Waals surface area contributed by atoms with Gasteiger partial charge in [0.15, 0.2) is 5.78 Å². The zero-order valence-electron chi connectivity index (χ0n) is 13.6. The summed E-state index contributed by atoms with van der Waals surface area (Å²) in [6.07, 6.45) is 3.89. The van der Waals surface area contributed by atoms with E-state index in [4.69, 9.17) is 0 Å². The van der Waals surface area contributed by atoms with Crippen LogP contribution in [0.4, 0.5) is 0 Å². The summed E-state index contributed by atoms with van der Waals surface area (Å²) in [5, 5.41) is 3.40. The molecule has 2 aliphatic heterocycles. The summed E-state index contributed by atoms with van der Waals surface area (Å²) in [5.41, 5.74) is 1.85. The second kappa shape index (κ2) is 7.93. The number of aryl methyl sites for hydroxylation is 1. The van der Waals surface area contributed by atoms with Crippen molar-refractivity contribution < 1.29 is 9.59 Å². The van der Waals surface area contributed by atoms with Crippen LogP contribution in [0, 0.1) is 6.92 Å². The molecule has 23 heavy (non-hydrogen) atoms. The molecule has 0 saturated carbocycles. The van der Waals surface area contributed by atoms with Gasteiger partial charge in [-0.3, -0.25) is 9.59 Å². The molecular weight excluding hydrogens is 312 g/mol. The van der Waals surface area contributed by atoms with Crippen molar-refractivity contribution >= 4 is 24.1 Å². The molecule has 2 heterocycles. The fourth-order valence-corrected chi connectivity index (χ4v) is 3.62. The highest BCUT2D eigenvalue weighted by molar-refractivity contribution is 5.98. The number of hydrogen-bond acceptors (Lipinski definition) is 3. The van der Waals surface area contributed by atoms with Crippen molar-refractivity contribution in [2.45, 2.75) is 51.1 Å². The van der Waals surface area contributed by atoms with Gasteiger partial charge in [-0.1, -0.05) is 29.8 Å². The fraction of sp³-hybridized carbons (Fsp3) is 0.556. The largest absolute Gasteiger partial charge is 0.335 e. The Morgan fingerprint density at radius 3 is 2.52 bits per heavy atom. The molecule has 126 valence electrons. The van der Waals surface area contributed by atoms with E-state index in [9.17, 15) is 9.59 Å². The third-order valence-electron chi connectivity index (χ3n) is 4.88. The number of halogens is 1. The number of hydrogen-bond donors (Lipinski definition) is 1. The second-order valence-electron chi connectivity index (χ2n) is 6.47. The fourth-order valence-electron chi connectivity index (χ4n) is 3.62. The van der Waals surface area contributed by atoms with Crippen LogP contribution in [0.5, 0.6) is 0 Å². The molecule has 2 unspecified atom stereocenters. The zero-order valence-corrected chi connectivity index (χ0v) is 14.4. The first kappa shape index (κ1) is 18.0. The van der Waals surface area contributed by atoms with Crippen LogP contribution in [0.25, 0.3) is 0 Å². The van der Waals surface area contributed by atoms with Gasteiger partial charge in [-0.2, -0.15) is 0 Å². The Morgan fingerprint density at radius 2 is 1.78 bits per heavy atom. The Bertz CT molecular complexity index is 545. The molecule has 2 atom stereocenters. The number of benzene rings is 1. The predicted octanol–water partition coefficient (Wildman–Crippen LogP) is 2.73. The molecule has 1 amide bonds. The molecular formula is C18H25ClN2O2. The van der Waals surface area contributed by atoms with Crippen molar-refractivity contribution in [2.75, 3.05) is 13.1 Å². The van der Waals surface area contributed by atoms with Gasteiger partial charge in [0.2, 0.25) is 5.91 Å². The Hall–Kier alpha value is -1.39. The van der Waals surface area contributed by atoms with Gasteiger partial charge in [0.1, 0.15) is 0 Å². The molecule has 0 spiro atoms. The Labute approximate surface area is 144 Å². The quantitative estimate of drug-likeness (QED) is 0.860. The smallest absolute Gasteiger partial charge is 0.223 e. The molecule has 1 aromatic rings. The number of carbonyl (C=O) groups excluding carboxylic acids is 2. The maximum absolute atomic E-state index is 12.5.